The Hall–Kier alpha value is -1.28. The lowest BCUT2D eigenvalue weighted by Crippen LogP contribution is -2.23. The van der Waals surface area contributed by atoms with Crippen molar-refractivity contribution in [3.05, 3.63) is 45.4 Å². The summed E-state index contributed by atoms with van der Waals surface area (Å²) in [5.74, 6) is 0.289. The standard InChI is InChI=1S/C19H23BrN2O3S/c20-14-7-5-13(6-8-14)15(9-12-3-1-2-4-12)18(25)22-19-21-16(11-26-19)17(24)10-23/h5-8,11-12,15,17,23-24H,1-4,9-10H2,(H,21,22,25). The van der Waals surface area contributed by atoms with Crippen LogP contribution in [0.4, 0.5) is 5.13 Å². The van der Waals surface area contributed by atoms with Gasteiger partial charge in [0.25, 0.3) is 0 Å². The Morgan fingerprint density at radius 2 is 2.00 bits per heavy atom. The van der Waals surface area contributed by atoms with Crippen molar-refractivity contribution in [2.45, 2.75) is 44.1 Å². The van der Waals surface area contributed by atoms with Gasteiger partial charge in [0.15, 0.2) is 5.13 Å². The summed E-state index contributed by atoms with van der Waals surface area (Å²) in [4.78, 5) is 17.2. The van der Waals surface area contributed by atoms with Crippen molar-refractivity contribution < 1.29 is 15.0 Å². The number of carbonyl (C=O) groups is 1. The maximum absolute atomic E-state index is 13.0. The van der Waals surface area contributed by atoms with E-state index in [2.05, 4.69) is 26.2 Å². The molecular formula is C19H23BrN2O3S. The number of aliphatic hydroxyl groups excluding tert-OH is 2. The monoisotopic (exact) mass is 438 g/mol. The SMILES string of the molecule is O=C(Nc1nc(C(O)CO)cs1)C(CC1CCCC1)c1ccc(Br)cc1. The number of carbonyl (C=O) groups excluding carboxylic acids is 1. The summed E-state index contributed by atoms with van der Waals surface area (Å²) in [6.07, 6.45) is 4.68. The Bertz CT molecular complexity index is 729. The Kier molecular flexibility index (Phi) is 6.80. The van der Waals surface area contributed by atoms with Crippen molar-refractivity contribution in [2.24, 2.45) is 5.92 Å². The third-order valence-electron chi connectivity index (χ3n) is 4.90. The number of benzene rings is 1. The number of hydrogen-bond acceptors (Lipinski definition) is 5. The van der Waals surface area contributed by atoms with Crippen molar-refractivity contribution in [3.8, 4) is 0 Å². The summed E-state index contributed by atoms with van der Waals surface area (Å²) < 4.78 is 0.990. The largest absolute Gasteiger partial charge is 0.393 e. The van der Waals surface area contributed by atoms with E-state index in [4.69, 9.17) is 5.11 Å². The van der Waals surface area contributed by atoms with E-state index in [-0.39, 0.29) is 18.4 Å². The number of aliphatic hydroxyl groups is 2. The Balaban J connectivity index is 1.75. The number of aromatic nitrogens is 1. The first-order chi connectivity index (χ1) is 12.6. The maximum atomic E-state index is 13.0. The molecule has 3 rings (SSSR count). The van der Waals surface area contributed by atoms with Crippen molar-refractivity contribution in [1.29, 1.82) is 0 Å². The van der Waals surface area contributed by atoms with E-state index in [0.29, 0.717) is 16.7 Å². The van der Waals surface area contributed by atoms with Crippen molar-refractivity contribution in [2.75, 3.05) is 11.9 Å². The highest BCUT2D eigenvalue weighted by molar-refractivity contribution is 9.10. The third-order valence-corrected chi connectivity index (χ3v) is 6.20. The molecule has 2 unspecified atom stereocenters. The zero-order valence-electron chi connectivity index (χ0n) is 14.4. The molecule has 5 nitrogen and oxygen atoms in total. The summed E-state index contributed by atoms with van der Waals surface area (Å²) in [5.41, 5.74) is 1.38. The topological polar surface area (TPSA) is 82.5 Å². The summed E-state index contributed by atoms with van der Waals surface area (Å²) in [5, 5.41) is 23.7. The number of amides is 1. The molecule has 26 heavy (non-hydrogen) atoms. The van der Waals surface area contributed by atoms with Crippen LogP contribution in [-0.4, -0.2) is 27.7 Å². The van der Waals surface area contributed by atoms with Crippen LogP contribution < -0.4 is 5.32 Å². The molecule has 0 radical (unpaired) electrons. The molecule has 0 saturated heterocycles. The van der Waals surface area contributed by atoms with Gasteiger partial charge in [-0.15, -0.1) is 11.3 Å². The second kappa shape index (κ2) is 9.08. The van der Waals surface area contributed by atoms with Gasteiger partial charge >= 0.3 is 0 Å². The lowest BCUT2D eigenvalue weighted by Gasteiger charge is -2.20. The minimum atomic E-state index is -1.02. The molecule has 1 fully saturated rings. The van der Waals surface area contributed by atoms with Crippen molar-refractivity contribution in [3.63, 3.8) is 0 Å². The van der Waals surface area contributed by atoms with E-state index in [9.17, 15) is 9.90 Å². The molecule has 140 valence electrons. The highest BCUT2D eigenvalue weighted by Crippen LogP contribution is 2.35. The van der Waals surface area contributed by atoms with Crippen molar-refractivity contribution in [1.82, 2.24) is 4.98 Å². The van der Waals surface area contributed by atoms with Gasteiger partial charge in [-0.25, -0.2) is 4.98 Å². The van der Waals surface area contributed by atoms with Crippen LogP contribution >= 0.6 is 27.3 Å². The molecule has 2 aromatic rings. The van der Waals surface area contributed by atoms with E-state index in [1.54, 1.807) is 5.38 Å². The van der Waals surface area contributed by atoms with Crippen LogP contribution in [0.2, 0.25) is 0 Å². The van der Waals surface area contributed by atoms with Gasteiger partial charge in [-0.2, -0.15) is 0 Å². The molecule has 0 aliphatic heterocycles. The highest BCUT2D eigenvalue weighted by atomic mass is 79.9. The smallest absolute Gasteiger partial charge is 0.233 e. The maximum Gasteiger partial charge on any atom is 0.233 e. The quantitative estimate of drug-likeness (QED) is 0.603. The molecule has 0 bridgehead atoms. The molecule has 0 spiro atoms. The van der Waals surface area contributed by atoms with E-state index < -0.39 is 6.10 Å². The van der Waals surface area contributed by atoms with Gasteiger partial charge in [-0.3, -0.25) is 4.79 Å². The predicted octanol–water partition coefficient (Wildman–Crippen LogP) is 4.23. The van der Waals surface area contributed by atoms with Gasteiger partial charge in [0.1, 0.15) is 6.10 Å². The van der Waals surface area contributed by atoms with Gasteiger partial charge in [-0.05, 0) is 30.0 Å². The van der Waals surface area contributed by atoms with Crippen LogP contribution in [0.3, 0.4) is 0 Å². The van der Waals surface area contributed by atoms with E-state index in [0.717, 1.165) is 16.5 Å². The number of hydrogen-bond donors (Lipinski definition) is 3. The van der Waals surface area contributed by atoms with Gasteiger partial charge in [-0.1, -0.05) is 53.7 Å². The molecular weight excluding hydrogens is 416 g/mol. The lowest BCUT2D eigenvalue weighted by molar-refractivity contribution is -0.118. The second-order valence-corrected chi connectivity index (χ2v) is 8.53. The van der Waals surface area contributed by atoms with Crippen LogP contribution in [0.1, 0.15) is 55.4 Å². The average molecular weight is 439 g/mol. The zero-order valence-corrected chi connectivity index (χ0v) is 16.8. The molecule has 2 atom stereocenters. The number of thiazole rings is 1. The fourth-order valence-electron chi connectivity index (χ4n) is 3.45. The average Bonchev–Trinajstić information content (AvgIpc) is 3.31. The lowest BCUT2D eigenvalue weighted by atomic mass is 9.87. The minimum absolute atomic E-state index is 0.0707. The molecule has 1 amide bonds. The molecule has 1 aliphatic carbocycles. The summed E-state index contributed by atoms with van der Waals surface area (Å²) in [6, 6.07) is 7.91. The molecule has 1 aliphatic rings. The van der Waals surface area contributed by atoms with Crippen LogP contribution in [0.5, 0.6) is 0 Å². The number of nitrogens with one attached hydrogen (secondary N) is 1. The number of rotatable bonds is 7. The van der Waals surface area contributed by atoms with E-state index in [1.165, 1.54) is 37.0 Å². The molecule has 1 heterocycles. The third kappa shape index (κ3) is 4.91. The van der Waals surface area contributed by atoms with Gasteiger partial charge in [0, 0.05) is 9.85 Å². The van der Waals surface area contributed by atoms with Gasteiger partial charge < -0.3 is 15.5 Å². The predicted molar refractivity (Wildman–Crippen MR) is 106 cm³/mol. The fourth-order valence-corrected chi connectivity index (χ4v) is 4.48. The van der Waals surface area contributed by atoms with E-state index >= 15 is 0 Å². The minimum Gasteiger partial charge on any atom is -0.393 e. The number of nitrogens with zero attached hydrogens (tertiary/aromatic N) is 1. The first-order valence-electron chi connectivity index (χ1n) is 8.87. The first kappa shape index (κ1) is 19.5. The number of anilines is 1. The van der Waals surface area contributed by atoms with Gasteiger partial charge in [0.2, 0.25) is 5.91 Å². The van der Waals surface area contributed by atoms with Crippen LogP contribution in [0.15, 0.2) is 34.1 Å². The Morgan fingerprint density at radius 3 is 2.65 bits per heavy atom. The fraction of sp³-hybridized carbons (Fsp3) is 0.474. The van der Waals surface area contributed by atoms with E-state index in [1.807, 2.05) is 24.3 Å². The van der Waals surface area contributed by atoms with Crippen LogP contribution in [-0.2, 0) is 4.79 Å². The molecule has 1 aromatic heterocycles. The van der Waals surface area contributed by atoms with Crippen LogP contribution in [0, 0.1) is 5.92 Å². The highest BCUT2D eigenvalue weighted by Gasteiger charge is 2.27. The second-order valence-electron chi connectivity index (χ2n) is 6.76. The molecule has 1 aromatic carbocycles. The summed E-state index contributed by atoms with van der Waals surface area (Å²) in [7, 11) is 0. The van der Waals surface area contributed by atoms with Crippen molar-refractivity contribution >= 4 is 38.3 Å². The normalized spacial score (nSPS) is 17.2. The summed E-state index contributed by atoms with van der Waals surface area (Å²) in [6.45, 7) is -0.389. The van der Waals surface area contributed by atoms with Crippen LogP contribution in [0.25, 0.3) is 0 Å². The number of halogens is 1. The zero-order chi connectivity index (χ0) is 18.5. The molecule has 1 saturated carbocycles. The first-order valence-corrected chi connectivity index (χ1v) is 10.5. The Morgan fingerprint density at radius 1 is 1.31 bits per heavy atom. The molecule has 3 N–H and O–H groups in total. The molecule has 7 heteroatoms. The summed E-state index contributed by atoms with van der Waals surface area (Å²) >= 11 is 4.70. The Labute approximate surface area is 165 Å². The van der Waals surface area contributed by atoms with Gasteiger partial charge in [0.05, 0.1) is 18.2 Å².